The predicted molar refractivity (Wildman–Crippen MR) is 98.3 cm³/mol. The number of Topliss-reactive ketones (excluding diaryl/α,β-unsaturated/α-hetero) is 1. The van der Waals surface area contributed by atoms with Crippen molar-refractivity contribution in [1.29, 1.82) is 0 Å². The molecule has 2 rings (SSSR count). The number of nitrogens with zero attached hydrogens (tertiary/aromatic N) is 1. The first-order chi connectivity index (χ1) is 12.0. The number of carbonyl (C=O) groups excluding carboxylic acids is 2. The van der Waals surface area contributed by atoms with Gasteiger partial charge in [0, 0.05) is 18.5 Å². The molecule has 1 heterocycles. The van der Waals surface area contributed by atoms with Crippen molar-refractivity contribution < 1.29 is 22.7 Å². The van der Waals surface area contributed by atoms with Gasteiger partial charge in [-0.05, 0) is 43.0 Å². The Hall–Kier alpha value is -1.73. The van der Waals surface area contributed by atoms with Gasteiger partial charge in [0.2, 0.25) is 10.0 Å². The molecule has 0 radical (unpaired) electrons. The van der Waals surface area contributed by atoms with Crippen LogP contribution in [-0.4, -0.2) is 44.2 Å². The highest BCUT2D eigenvalue weighted by atomic mass is 32.2. The zero-order chi connectivity index (χ0) is 19.5. The summed E-state index contributed by atoms with van der Waals surface area (Å²) in [5.41, 5.74) is -0.359. The largest absolute Gasteiger partial charge is 0.454 e. The standard InChI is InChI=1S/C19H27NO5S/c1-14-9-11-20(12-10-14)26(23,24)16-7-5-15(6-8-16)18(22)25-13-17(21)19(2,3)4/h5-8,14H,9-13H2,1-4H3. The van der Waals surface area contributed by atoms with Gasteiger partial charge >= 0.3 is 5.97 Å². The average Bonchev–Trinajstić information content (AvgIpc) is 2.59. The molecule has 1 aliphatic rings. The van der Waals surface area contributed by atoms with E-state index in [2.05, 4.69) is 6.92 Å². The van der Waals surface area contributed by atoms with Gasteiger partial charge in [-0.2, -0.15) is 4.31 Å². The first kappa shape index (κ1) is 20.6. The van der Waals surface area contributed by atoms with Crippen molar-refractivity contribution in [2.75, 3.05) is 19.7 Å². The number of hydrogen-bond acceptors (Lipinski definition) is 5. The van der Waals surface area contributed by atoms with E-state index in [-0.39, 0.29) is 22.8 Å². The second-order valence-corrected chi connectivity index (χ2v) is 9.80. The van der Waals surface area contributed by atoms with Gasteiger partial charge in [-0.25, -0.2) is 13.2 Å². The van der Waals surface area contributed by atoms with Crippen LogP contribution in [0.15, 0.2) is 29.2 Å². The summed E-state index contributed by atoms with van der Waals surface area (Å²) in [5.74, 6) is -0.280. The Morgan fingerprint density at radius 3 is 2.15 bits per heavy atom. The number of rotatable bonds is 5. The molecule has 1 aromatic rings. The number of piperidine rings is 1. The zero-order valence-corrected chi connectivity index (χ0v) is 16.6. The van der Waals surface area contributed by atoms with Crippen LogP contribution in [-0.2, 0) is 19.6 Å². The van der Waals surface area contributed by atoms with Gasteiger partial charge in [-0.3, -0.25) is 4.79 Å². The van der Waals surface area contributed by atoms with Gasteiger partial charge in [-0.1, -0.05) is 27.7 Å². The van der Waals surface area contributed by atoms with Crippen molar-refractivity contribution in [3.05, 3.63) is 29.8 Å². The van der Waals surface area contributed by atoms with E-state index < -0.39 is 21.4 Å². The van der Waals surface area contributed by atoms with Crippen LogP contribution < -0.4 is 0 Å². The highest BCUT2D eigenvalue weighted by molar-refractivity contribution is 7.89. The summed E-state index contributed by atoms with van der Waals surface area (Å²) in [4.78, 5) is 24.0. The molecule has 6 nitrogen and oxygen atoms in total. The van der Waals surface area contributed by atoms with Gasteiger partial charge in [0.05, 0.1) is 10.5 Å². The predicted octanol–water partition coefficient (Wildman–Crippen LogP) is 2.88. The third-order valence-corrected chi connectivity index (χ3v) is 6.55. The van der Waals surface area contributed by atoms with E-state index in [0.29, 0.717) is 19.0 Å². The second kappa shape index (κ2) is 7.88. The molecule has 1 saturated heterocycles. The molecule has 0 unspecified atom stereocenters. The van der Waals surface area contributed by atoms with Crippen LogP contribution in [0.4, 0.5) is 0 Å². The maximum absolute atomic E-state index is 12.7. The number of benzene rings is 1. The summed E-state index contributed by atoms with van der Waals surface area (Å²) in [6, 6.07) is 5.66. The zero-order valence-electron chi connectivity index (χ0n) is 15.8. The maximum Gasteiger partial charge on any atom is 0.338 e. The van der Waals surface area contributed by atoms with E-state index in [1.165, 1.54) is 28.6 Å². The molecule has 0 aromatic heterocycles. The minimum absolute atomic E-state index is 0.161. The molecule has 7 heteroatoms. The summed E-state index contributed by atoms with van der Waals surface area (Å²) < 4.78 is 31.8. The smallest absolute Gasteiger partial charge is 0.338 e. The van der Waals surface area contributed by atoms with Crippen LogP contribution in [0.2, 0.25) is 0 Å². The Labute approximate surface area is 155 Å². The van der Waals surface area contributed by atoms with Crippen LogP contribution in [0, 0.1) is 11.3 Å². The fraction of sp³-hybridized carbons (Fsp3) is 0.579. The van der Waals surface area contributed by atoms with Gasteiger partial charge in [0.25, 0.3) is 0 Å². The van der Waals surface area contributed by atoms with Gasteiger partial charge < -0.3 is 4.74 Å². The van der Waals surface area contributed by atoms with Crippen LogP contribution in [0.3, 0.4) is 0 Å². The SMILES string of the molecule is CC1CCN(S(=O)(=O)c2ccc(C(=O)OCC(=O)C(C)(C)C)cc2)CC1. The first-order valence-electron chi connectivity index (χ1n) is 8.82. The maximum atomic E-state index is 12.7. The quantitative estimate of drug-likeness (QED) is 0.733. The van der Waals surface area contributed by atoms with Crippen LogP contribution in [0.25, 0.3) is 0 Å². The third kappa shape index (κ3) is 4.92. The Morgan fingerprint density at radius 1 is 1.12 bits per heavy atom. The number of hydrogen-bond donors (Lipinski definition) is 0. The second-order valence-electron chi connectivity index (χ2n) is 7.86. The first-order valence-corrected chi connectivity index (χ1v) is 10.3. The minimum Gasteiger partial charge on any atom is -0.454 e. The molecule has 0 aliphatic carbocycles. The molecule has 0 N–H and O–H groups in total. The van der Waals surface area contributed by atoms with E-state index in [4.69, 9.17) is 4.74 Å². The number of carbonyl (C=O) groups is 2. The monoisotopic (exact) mass is 381 g/mol. The summed E-state index contributed by atoms with van der Waals surface area (Å²) in [5, 5.41) is 0. The molecule has 26 heavy (non-hydrogen) atoms. The number of sulfonamides is 1. The highest BCUT2D eigenvalue weighted by Crippen LogP contribution is 2.23. The molecule has 0 amide bonds. The van der Waals surface area contributed by atoms with E-state index >= 15 is 0 Å². The van der Waals surface area contributed by atoms with E-state index in [1.54, 1.807) is 20.8 Å². The van der Waals surface area contributed by atoms with Crippen molar-refractivity contribution >= 4 is 21.8 Å². The molecule has 0 spiro atoms. The molecule has 0 saturated carbocycles. The molecule has 1 aromatic carbocycles. The van der Waals surface area contributed by atoms with E-state index in [0.717, 1.165) is 12.8 Å². The Balaban J connectivity index is 2.03. The normalized spacial score (nSPS) is 17.1. The van der Waals surface area contributed by atoms with E-state index in [9.17, 15) is 18.0 Å². The molecular formula is C19H27NO5S. The Bertz CT molecular complexity index is 754. The summed E-state index contributed by atoms with van der Waals surface area (Å²) in [6.45, 7) is 8.12. The molecule has 1 fully saturated rings. The molecular weight excluding hydrogens is 354 g/mol. The van der Waals surface area contributed by atoms with Crippen molar-refractivity contribution in [2.45, 2.75) is 45.4 Å². The van der Waals surface area contributed by atoms with Crippen LogP contribution >= 0.6 is 0 Å². The van der Waals surface area contributed by atoms with Crippen molar-refractivity contribution in [1.82, 2.24) is 4.31 Å². The summed E-state index contributed by atoms with van der Waals surface area (Å²) in [6.07, 6.45) is 1.71. The van der Waals surface area contributed by atoms with E-state index in [1.807, 2.05) is 0 Å². The fourth-order valence-electron chi connectivity index (χ4n) is 2.57. The highest BCUT2D eigenvalue weighted by Gasteiger charge is 2.28. The number of esters is 1. The van der Waals surface area contributed by atoms with Gasteiger partial charge in [0.1, 0.15) is 0 Å². The number of ether oxygens (including phenoxy) is 1. The lowest BCUT2D eigenvalue weighted by molar-refractivity contribution is -0.129. The van der Waals surface area contributed by atoms with Crippen molar-refractivity contribution in [3.8, 4) is 0 Å². The molecule has 0 bridgehead atoms. The van der Waals surface area contributed by atoms with Crippen molar-refractivity contribution in [3.63, 3.8) is 0 Å². The lowest BCUT2D eigenvalue weighted by Crippen LogP contribution is -2.37. The minimum atomic E-state index is -3.55. The third-order valence-electron chi connectivity index (χ3n) is 4.64. The van der Waals surface area contributed by atoms with Crippen molar-refractivity contribution in [2.24, 2.45) is 11.3 Å². The fourth-order valence-corrected chi connectivity index (χ4v) is 4.04. The molecule has 144 valence electrons. The lowest BCUT2D eigenvalue weighted by Gasteiger charge is -2.29. The van der Waals surface area contributed by atoms with Crippen LogP contribution in [0.5, 0.6) is 0 Å². The van der Waals surface area contributed by atoms with Gasteiger partial charge in [0.15, 0.2) is 12.4 Å². The molecule has 0 atom stereocenters. The lowest BCUT2D eigenvalue weighted by atomic mass is 9.91. The Morgan fingerprint density at radius 2 is 1.65 bits per heavy atom. The Kier molecular flexibility index (Phi) is 6.24. The summed E-state index contributed by atoms with van der Waals surface area (Å²) in [7, 11) is -3.55. The average molecular weight is 381 g/mol. The van der Waals surface area contributed by atoms with Gasteiger partial charge in [-0.15, -0.1) is 0 Å². The molecule has 1 aliphatic heterocycles. The summed E-state index contributed by atoms with van der Waals surface area (Å²) >= 11 is 0. The number of ketones is 1. The topological polar surface area (TPSA) is 80.8 Å². The van der Waals surface area contributed by atoms with Crippen LogP contribution in [0.1, 0.15) is 50.9 Å².